The smallest absolute Gasteiger partial charge is 0.338 e. The zero-order valence-electron chi connectivity index (χ0n) is 11.6. The molecular formula is C14H18N4O2. The zero-order chi connectivity index (χ0) is 14.5. The fraction of sp³-hybridized carbons (Fsp3) is 0.286. The van der Waals surface area contributed by atoms with Crippen molar-refractivity contribution in [1.82, 2.24) is 9.78 Å². The lowest BCUT2D eigenvalue weighted by Gasteiger charge is -2.15. The molecule has 1 aromatic heterocycles. The molecule has 106 valence electrons. The molecule has 0 spiro atoms. The molecule has 0 fully saturated rings. The van der Waals surface area contributed by atoms with E-state index in [0.717, 1.165) is 5.69 Å². The van der Waals surface area contributed by atoms with Gasteiger partial charge < -0.3 is 15.4 Å². The summed E-state index contributed by atoms with van der Waals surface area (Å²) in [7, 11) is 3.79. The van der Waals surface area contributed by atoms with Crippen LogP contribution in [0.3, 0.4) is 0 Å². The van der Waals surface area contributed by atoms with E-state index >= 15 is 0 Å². The van der Waals surface area contributed by atoms with E-state index in [-0.39, 0.29) is 12.6 Å². The highest BCUT2D eigenvalue weighted by Crippen LogP contribution is 2.22. The number of ether oxygens (including phenoxy) is 1. The molecule has 0 saturated heterocycles. The van der Waals surface area contributed by atoms with Crippen molar-refractivity contribution >= 4 is 17.3 Å². The Kier molecular flexibility index (Phi) is 4.24. The predicted molar refractivity (Wildman–Crippen MR) is 77.7 cm³/mol. The summed E-state index contributed by atoms with van der Waals surface area (Å²) in [6.45, 7) is 0.805. The summed E-state index contributed by atoms with van der Waals surface area (Å²) in [6, 6.07) is 6.97. The molecule has 2 rings (SSSR count). The van der Waals surface area contributed by atoms with Crippen LogP contribution in [0.2, 0.25) is 0 Å². The minimum Gasteiger partial charge on any atom is -0.460 e. The van der Waals surface area contributed by atoms with E-state index in [1.165, 1.54) is 0 Å². The van der Waals surface area contributed by atoms with Crippen LogP contribution >= 0.6 is 0 Å². The van der Waals surface area contributed by atoms with E-state index in [1.807, 2.05) is 31.3 Å². The summed E-state index contributed by atoms with van der Waals surface area (Å²) >= 11 is 0. The number of nitrogens with zero attached hydrogens (tertiary/aromatic N) is 3. The molecule has 0 radical (unpaired) electrons. The Morgan fingerprint density at radius 2 is 2.25 bits per heavy atom. The number of nitrogen functional groups attached to an aromatic ring is 1. The lowest BCUT2D eigenvalue weighted by atomic mass is 10.1. The van der Waals surface area contributed by atoms with Crippen LogP contribution in [-0.4, -0.2) is 36.5 Å². The van der Waals surface area contributed by atoms with Gasteiger partial charge in [0.1, 0.15) is 6.61 Å². The first-order chi connectivity index (χ1) is 9.58. The minimum atomic E-state index is -0.380. The second-order valence-corrected chi connectivity index (χ2v) is 4.57. The first-order valence-electron chi connectivity index (χ1n) is 6.29. The maximum atomic E-state index is 11.9. The standard InChI is InChI=1S/C14H18N4O2/c1-17(2)13-5-4-11(10-12(13)15)14(19)20-9-8-18-7-3-6-16-18/h3-7,10H,8-9,15H2,1-2H3. The minimum absolute atomic E-state index is 0.274. The van der Waals surface area contributed by atoms with Crippen LogP contribution in [0.1, 0.15) is 10.4 Å². The average molecular weight is 274 g/mol. The Morgan fingerprint density at radius 3 is 2.85 bits per heavy atom. The molecule has 1 heterocycles. The van der Waals surface area contributed by atoms with Gasteiger partial charge in [0, 0.05) is 26.5 Å². The number of carbonyl (C=O) groups excluding carboxylic acids is 1. The van der Waals surface area contributed by atoms with Crippen molar-refractivity contribution in [3.8, 4) is 0 Å². The Hall–Kier alpha value is -2.50. The molecule has 0 amide bonds. The van der Waals surface area contributed by atoms with Gasteiger partial charge in [-0.1, -0.05) is 0 Å². The van der Waals surface area contributed by atoms with Crippen LogP contribution in [0.4, 0.5) is 11.4 Å². The van der Waals surface area contributed by atoms with Gasteiger partial charge in [-0.05, 0) is 24.3 Å². The van der Waals surface area contributed by atoms with E-state index in [1.54, 1.807) is 29.1 Å². The molecule has 0 aliphatic heterocycles. The lowest BCUT2D eigenvalue weighted by molar-refractivity contribution is 0.0488. The molecular weight excluding hydrogens is 256 g/mol. The number of carbonyl (C=O) groups is 1. The molecule has 0 aliphatic carbocycles. The highest BCUT2D eigenvalue weighted by molar-refractivity contribution is 5.92. The molecule has 6 heteroatoms. The first kappa shape index (κ1) is 13.9. The van der Waals surface area contributed by atoms with Gasteiger partial charge in [-0.3, -0.25) is 4.68 Å². The summed E-state index contributed by atoms with van der Waals surface area (Å²) in [5.74, 6) is -0.380. The second kappa shape index (κ2) is 6.10. The maximum Gasteiger partial charge on any atom is 0.338 e. The van der Waals surface area contributed by atoms with Gasteiger partial charge in [-0.25, -0.2) is 4.79 Å². The van der Waals surface area contributed by atoms with Gasteiger partial charge in [-0.15, -0.1) is 0 Å². The molecule has 1 aromatic carbocycles. The molecule has 2 aromatic rings. The summed E-state index contributed by atoms with van der Waals surface area (Å²) in [6.07, 6.45) is 3.50. The Bertz CT molecular complexity index is 579. The van der Waals surface area contributed by atoms with E-state index < -0.39 is 0 Å². The summed E-state index contributed by atoms with van der Waals surface area (Å²) in [5.41, 5.74) is 7.78. The lowest BCUT2D eigenvalue weighted by Crippen LogP contribution is -2.14. The molecule has 0 atom stereocenters. The quantitative estimate of drug-likeness (QED) is 0.659. The maximum absolute atomic E-state index is 11.9. The molecule has 0 saturated carbocycles. The highest BCUT2D eigenvalue weighted by Gasteiger charge is 2.10. The molecule has 0 bridgehead atoms. The number of aromatic nitrogens is 2. The van der Waals surface area contributed by atoms with E-state index in [2.05, 4.69) is 5.10 Å². The second-order valence-electron chi connectivity index (χ2n) is 4.57. The summed E-state index contributed by atoms with van der Waals surface area (Å²) in [4.78, 5) is 13.8. The summed E-state index contributed by atoms with van der Waals surface area (Å²) < 4.78 is 6.89. The molecule has 20 heavy (non-hydrogen) atoms. The van der Waals surface area contributed by atoms with E-state index in [4.69, 9.17) is 10.5 Å². The SMILES string of the molecule is CN(C)c1ccc(C(=O)OCCn2cccn2)cc1N. The topological polar surface area (TPSA) is 73.4 Å². The van der Waals surface area contributed by atoms with Crippen LogP contribution in [0.5, 0.6) is 0 Å². The average Bonchev–Trinajstić information content (AvgIpc) is 2.91. The fourth-order valence-corrected chi connectivity index (χ4v) is 1.84. The number of rotatable bonds is 5. The number of anilines is 2. The van der Waals surface area contributed by atoms with Crippen molar-refractivity contribution in [3.63, 3.8) is 0 Å². The normalized spacial score (nSPS) is 10.3. The number of hydrogen-bond acceptors (Lipinski definition) is 5. The van der Waals surface area contributed by atoms with Gasteiger partial charge >= 0.3 is 5.97 Å². The van der Waals surface area contributed by atoms with Crippen LogP contribution in [0.25, 0.3) is 0 Å². The van der Waals surface area contributed by atoms with Crippen molar-refractivity contribution in [1.29, 1.82) is 0 Å². The molecule has 0 unspecified atom stereocenters. The fourth-order valence-electron chi connectivity index (χ4n) is 1.84. The third-order valence-electron chi connectivity index (χ3n) is 2.86. The largest absolute Gasteiger partial charge is 0.460 e. The van der Waals surface area contributed by atoms with E-state index in [9.17, 15) is 4.79 Å². The van der Waals surface area contributed by atoms with Gasteiger partial charge in [0.2, 0.25) is 0 Å². The number of hydrogen-bond donors (Lipinski definition) is 1. The third-order valence-corrected chi connectivity index (χ3v) is 2.86. The summed E-state index contributed by atoms with van der Waals surface area (Å²) in [5, 5.41) is 4.03. The third kappa shape index (κ3) is 3.28. The molecule has 6 nitrogen and oxygen atoms in total. The van der Waals surface area contributed by atoms with Crippen LogP contribution in [-0.2, 0) is 11.3 Å². The molecule has 0 aliphatic rings. The predicted octanol–water partition coefficient (Wildman–Crippen LogP) is 1.39. The first-order valence-corrected chi connectivity index (χ1v) is 6.29. The van der Waals surface area contributed by atoms with Crippen molar-refractivity contribution < 1.29 is 9.53 Å². The van der Waals surface area contributed by atoms with Gasteiger partial charge in [0.25, 0.3) is 0 Å². The Balaban J connectivity index is 1.94. The van der Waals surface area contributed by atoms with Crippen molar-refractivity contribution in [2.24, 2.45) is 0 Å². The number of esters is 1. The Morgan fingerprint density at radius 1 is 1.45 bits per heavy atom. The van der Waals surface area contributed by atoms with Crippen molar-refractivity contribution in [2.45, 2.75) is 6.54 Å². The van der Waals surface area contributed by atoms with Gasteiger partial charge in [0.15, 0.2) is 0 Å². The van der Waals surface area contributed by atoms with Crippen LogP contribution in [0.15, 0.2) is 36.7 Å². The highest BCUT2D eigenvalue weighted by atomic mass is 16.5. The van der Waals surface area contributed by atoms with E-state index in [0.29, 0.717) is 17.8 Å². The van der Waals surface area contributed by atoms with Gasteiger partial charge in [0.05, 0.1) is 23.5 Å². The Labute approximate surface area is 117 Å². The van der Waals surface area contributed by atoms with Crippen LogP contribution in [0, 0.1) is 0 Å². The van der Waals surface area contributed by atoms with Crippen LogP contribution < -0.4 is 10.6 Å². The number of benzene rings is 1. The van der Waals surface area contributed by atoms with Crippen molar-refractivity contribution in [2.75, 3.05) is 31.3 Å². The van der Waals surface area contributed by atoms with Crippen molar-refractivity contribution in [3.05, 3.63) is 42.2 Å². The van der Waals surface area contributed by atoms with Gasteiger partial charge in [-0.2, -0.15) is 5.10 Å². The molecule has 2 N–H and O–H groups in total. The number of nitrogens with two attached hydrogens (primary N) is 1. The monoisotopic (exact) mass is 274 g/mol. The zero-order valence-corrected chi connectivity index (χ0v) is 11.6.